The maximum Gasteiger partial charge on any atom is 0.253 e. The molecule has 2 heterocycles. The number of hydrogen-bond donors (Lipinski definition) is 0. The number of aryl methyl sites for hydroxylation is 1. The van der Waals surface area contributed by atoms with Crippen LogP contribution in [0.25, 0.3) is 0 Å². The Morgan fingerprint density at radius 2 is 1.91 bits per heavy atom. The molecule has 0 unspecified atom stereocenters. The summed E-state index contributed by atoms with van der Waals surface area (Å²) in [6.07, 6.45) is 6.75. The highest BCUT2D eigenvalue weighted by molar-refractivity contribution is 5.94. The fourth-order valence-corrected chi connectivity index (χ4v) is 4.06. The number of carbonyl (C=O) groups is 1. The van der Waals surface area contributed by atoms with Gasteiger partial charge in [0.15, 0.2) is 0 Å². The molecule has 1 spiro atoms. The van der Waals surface area contributed by atoms with Crippen LogP contribution in [0.15, 0.2) is 36.9 Å². The Morgan fingerprint density at radius 3 is 2.59 bits per heavy atom. The first-order chi connectivity index (χ1) is 10.6. The van der Waals surface area contributed by atoms with Gasteiger partial charge in [0.25, 0.3) is 5.91 Å². The van der Waals surface area contributed by atoms with Gasteiger partial charge in [0.05, 0.1) is 0 Å². The van der Waals surface area contributed by atoms with Crippen molar-refractivity contribution in [2.75, 3.05) is 26.2 Å². The first-order valence-electron chi connectivity index (χ1n) is 8.36. The number of carbonyl (C=O) groups excluding carboxylic acids is 1. The summed E-state index contributed by atoms with van der Waals surface area (Å²) in [6, 6.07) is 7.95. The largest absolute Gasteiger partial charge is 0.337 e. The maximum atomic E-state index is 12.8. The van der Waals surface area contributed by atoms with E-state index in [1.165, 1.54) is 24.8 Å². The van der Waals surface area contributed by atoms with Crippen molar-refractivity contribution in [3.05, 3.63) is 48.0 Å². The molecule has 3 nitrogen and oxygen atoms in total. The molecule has 2 fully saturated rings. The van der Waals surface area contributed by atoms with Crippen LogP contribution in [0.5, 0.6) is 0 Å². The van der Waals surface area contributed by atoms with Gasteiger partial charge >= 0.3 is 0 Å². The normalized spacial score (nSPS) is 25.6. The van der Waals surface area contributed by atoms with Gasteiger partial charge in [-0.05, 0) is 51.3 Å². The smallest absolute Gasteiger partial charge is 0.253 e. The van der Waals surface area contributed by atoms with Gasteiger partial charge in [0, 0.05) is 30.7 Å². The van der Waals surface area contributed by atoms with E-state index in [1.54, 1.807) is 0 Å². The van der Waals surface area contributed by atoms with E-state index in [0.717, 1.165) is 38.2 Å². The van der Waals surface area contributed by atoms with Gasteiger partial charge in [0.1, 0.15) is 0 Å². The fraction of sp³-hybridized carbons (Fsp3) is 0.526. The van der Waals surface area contributed by atoms with Crippen LogP contribution in [-0.4, -0.2) is 47.4 Å². The van der Waals surface area contributed by atoms with Crippen LogP contribution in [0.2, 0.25) is 0 Å². The van der Waals surface area contributed by atoms with Gasteiger partial charge in [-0.2, -0.15) is 0 Å². The standard InChI is InChI=1S/C19H26N2O/c1-3-12-21-14-5-11-19(21)10-4-13-20(15-19)18(22)17-8-6-16(2)7-9-17/h3,6-9H,1,4-5,10-15H2,2H3/t19-/m1/s1. The molecule has 1 aromatic carbocycles. The number of benzene rings is 1. The summed E-state index contributed by atoms with van der Waals surface area (Å²) >= 11 is 0. The van der Waals surface area contributed by atoms with E-state index in [9.17, 15) is 4.79 Å². The Bertz CT molecular complexity index is 551. The second-order valence-corrected chi connectivity index (χ2v) is 6.76. The lowest BCUT2D eigenvalue weighted by Crippen LogP contribution is -2.56. The molecule has 118 valence electrons. The SMILES string of the molecule is C=CCN1CCC[C@@]12CCCN(C(=O)c1ccc(C)cc1)C2. The summed E-state index contributed by atoms with van der Waals surface area (Å²) in [5.74, 6) is 0.185. The predicted octanol–water partition coefficient (Wildman–Crippen LogP) is 3.25. The molecular formula is C19H26N2O. The van der Waals surface area contributed by atoms with Crippen molar-refractivity contribution >= 4 is 5.91 Å². The van der Waals surface area contributed by atoms with Crippen LogP contribution >= 0.6 is 0 Å². The topological polar surface area (TPSA) is 23.6 Å². The maximum absolute atomic E-state index is 12.8. The van der Waals surface area contributed by atoms with Crippen molar-refractivity contribution in [1.82, 2.24) is 9.80 Å². The number of rotatable bonds is 3. The zero-order valence-electron chi connectivity index (χ0n) is 13.6. The van der Waals surface area contributed by atoms with Gasteiger partial charge in [0.2, 0.25) is 0 Å². The molecule has 2 aliphatic heterocycles. The van der Waals surface area contributed by atoms with Gasteiger partial charge in [-0.15, -0.1) is 6.58 Å². The van der Waals surface area contributed by atoms with Crippen molar-refractivity contribution < 1.29 is 4.79 Å². The predicted molar refractivity (Wildman–Crippen MR) is 90.1 cm³/mol. The quantitative estimate of drug-likeness (QED) is 0.800. The third-order valence-electron chi connectivity index (χ3n) is 5.23. The van der Waals surface area contributed by atoms with Crippen LogP contribution in [0.1, 0.15) is 41.6 Å². The number of likely N-dealkylation sites (tertiary alicyclic amines) is 2. The molecule has 0 aromatic heterocycles. The third kappa shape index (κ3) is 2.82. The monoisotopic (exact) mass is 298 g/mol. The first-order valence-corrected chi connectivity index (χ1v) is 8.36. The Hall–Kier alpha value is -1.61. The lowest BCUT2D eigenvalue weighted by molar-refractivity contribution is 0.0367. The van der Waals surface area contributed by atoms with E-state index in [2.05, 4.69) is 23.3 Å². The lowest BCUT2D eigenvalue weighted by Gasteiger charge is -2.45. The minimum absolute atomic E-state index is 0.185. The molecule has 1 atom stereocenters. The fourth-order valence-electron chi connectivity index (χ4n) is 4.06. The van der Waals surface area contributed by atoms with Crippen molar-refractivity contribution in [1.29, 1.82) is 0 Å². The highest BCUT2D eigenvalue weighted by atomic mass is 16.2. The molecule has 3 rings (SSSR count). The number of amides is 1. The van der Waals surface area contributed by atoms with Gasteiger partial charge in [-0.25, -0.2) is 0 Å². The molecular weight excluding hydrogens is 272 g/mol. The zero-order chi connectivity index (χ0) is 15.6. The molecule has 0 bridgehead atoms. The van der Waals surface area contributed by atoms with Crippen molar-refractivity contribution in [2.45, 2.75) is 38.1 Å². The van der Waals surface area contributed by atoms with Gasteiger partial charge in [-0.1, -0.05) is 23.8 Å². The Kier molecular flexibility index (Phi) is 4.34. The van der Waals surface area contributed by atoms with Crippen molar-refractivity contribution in [3.8, 4) is 0 Å². The van der Waals surface area contributed by atoms with E-state index < -0.39 is 0 Å². The third-order valence-corrected chi connectivity index (χ3v) is 5.23. The molecule has 1 aromatic rings. The van der Waals surface area contributed by atoms with Crippen LogP contribution in [0, 0.1) is 6.92 Å². The Morgan fingerprint density at radius 1 is 1.23 bits per heavy atom. The lowest BCUT2D eigenvalue weighted by atomic mass is 9.86. The summed E-state index contributed by atoms with van der Waals surface area (Å²) < 4.78 is 0. The average Bonchev–Trinajstić information content (AvgIpc) is 2.90. The second kappa shape index (κ2) is 6.25. The van der Waals surface area contributed by atoms with E-state index in [0.29, 0.717) is 0 Å². The highest BCUT2D eigenvalue weighted by Gasteiger charge is 2.44. The van der Waals surface area contributed by atoms with Gasteiger partial charge in [-0.3, -0.25) is 9.69 Å². The molecule has 0 radical (unpaired) electrons. The van der Waals surface area contributed by atoms with E-state index in [4.69, 9.17) is 0 Å². The van der Waals surface area contributed by atoms with E-state index >= 15 is 0 Å². The minimum Gasteiger partial charge on any atom is -0.337 e. The van der Waals surface area contributed by atoms with Crippen molar-refractivity contribution in [2.24, 2.45) is 0 Å². The van der Waals surface area contributed by atoms with Crippen LogP contribution in [0.3, 0.4) is 0 Å². The van der Waals surface area contributed by atoms with Crippen LogP contribution in [0.4, 0.5) is 0 Å². The zero-order valence-corrected chi connectivity index (χ0v) is 13.6. The summed E-state index contributed by atoms with van der Waals surface area (Å²) in [6.45, 7) is 9.77. The summed E-state index contributed by atoms with van der Waals surface area (Å²) in [5.41, 5.74) is 2.20. The Labute approximate surface area is 133 Å². The Balaban J connectivity index is 1.76. The summed E-state index contributed by atoms with van der Waals surface area (Å²) in [5, 5.41) is 0. The molecule has 0 aliphatic carbocycles. The van der Waals surface area contributed by atoms with Crippen molar-refractivity contribution in [3.63, 3.8) is 0 Å². The first kappa shape index (κ1) is 15.3. The number of nitrogens with zero attached hydrogens (tertiary/aromatic N) is 2. The highest BCUT2D eigenvalue weighted by Crippen LogP contribution is 2.37. The van der Waals surface area contributed by atoms with Crippen LogP contribution < -0.4 is 0 Å². The summed E-state index contributed by atoms with van der Waals surface area (Å²) in [4.78, 5) is 17.4. The molecule has 1 amide bonds. The van der Waals surface area contributed by atoms with E-state index in [1.807, 2.05) is 30.3 Å². The molecule has 2 aliphatic rings. The number of hydrogen-bond acceptors (Lipinski definition) is 2. The molecule has 0 saturated carbocycles. The minimum atomic E-state index is 0.185. The van der Waals surface area contributed by atoms with E-state index in [-0.39, 0.29) is 11.4 Å². The molecule has 22 heavy (non-hydrogen) atoms. The van der Waals surface area contributed by atoms with Gasteiger partial charge < -0.3 is 4.90 Å². The molecule has 3 heteroatoms. The number of piperidine rings is 1. The second-order valence-electron chi connectivity index (χ2n) is 6.76. The molecule has 0 N–H and O–H groups in total. The summed E-state index contributed by atoms with van der Waals surface area (Å²) in [7, 11) is 0. The average molecular weight is 298 g/mol. The molecule has 2 saturated heterocycles. The van der Waals surface area contributed by atoms with Crippen LogP contribution in [-0.2, 0) is 0 Å².